The van der Waals surface area contributed by atoms with E-state index in [1.165, 1.54) is 0 Å². The normalized spacial score (nSPS) is 17.6. The zero-order valence-electron chi connectivity index (χ0n) is 12.5. The van der Waals surface area contributed by atoms with Gasteiger partial charge in [-0.15, -0.1) is 0 Å². The van der Waals surface area contributed by atoms with Gasteiger partial charge in [-0.2, -0.15) is 0 Å². The minimum absolute atomic E-state index is 0.0584. The molecule has 1 aliphatic rings. The highest BCUT2D eigenvalue weighted by Crippen LogP contribution is 2.17. The minimum Gasteiger partial charge on any atom is -0.357 e. The Kier molecular flexibility index (Phi) is 6.83. The lowest BCUT2D eigenvalue weighted by molar-refractivity contribution is -0.137. The molecule has 7 nitrogen and oxygen atoms in total. The number of nitrogens with zero attached hydrogens (tertiary/aromatic N) is 2. The molecule has 1 atom stereocenters. The van der Waals surface area contributed by atoms with Crippen molar-refractivity contribution < 1.29 is 9.59 Å². The summed E-state index contributed by atoms with van der Waals surface area (Å²) in [5.41, 5.74) is 0. The Morgan fingerprint density at radius 3 is 2.45 bits per heavy atom. The number of guanidine groups is 1. The summed E-state index contributed by atoms with van der Waals surface area (Å²) in [4.78, 5) is 29.7. The van der Waals surface area contributed by atoms with Crippen LogP contribution in [0.15, 0.2) is 4.99 Å². The van der Waals surface area contributed by atoms with Gasteiger partial charge in [0.1, 0.15) is 12.6 Å². The summed E-state index contributed by atoms with van der Waals surface area (Å²) in [6, 6.07) is -0.343. The quantitative estimate of drug-likeness (QED) is 0.460. The zero-order chi connectivity index (χ0) is 15.0. The van der Waals surface area contributed by atoms with Gasteiger partial charge in [0.15, 0.2) is 5.96 Å². The molecule has 1 unspecified atom stereocenters. The summed E-state index contributed by atoms with van der Waals surface area (Å²) in [5, 5.41) is 8.73. The molecule has 1 fully saturated rings. The molecule has 20 heavy (non-hydrogen) atoms. The summed E-state index contributed by atoms with van der Waals surface area (Å²) in [6.45, 7) is 6.11. The van der Waals surface area contributed by atoms with Gasteiger partial charge in [-0.05, 0) is 26.7 Å². The van der Waals surface area contributed by atoms with Crippen molar-refractivity contribution in [2.75, 3.05) is 33.2 Å². The molecule has 3 N–H and O–H groups in total. The van der Waals surface area contributed by atoms with Gasteiger partial charge in [0.25, 0.3) is 0 Å². The van der Waals surface area contributed by atoms with Crippen LogP contribution in [-0.2, 0) is 9.59 Å². The molecule has 1 aliphatic heterocycles. The lowest BCUT2D eigenvalue weighted by Gasteiger charge is -2.22. The van der Waals surface area contributed by atoms with Gasteiger partial charge in [0, 0.05) is 26.7 Å². The average Bonchev–Trinajstić information content (AvgIpc) is 2.93. The molecule has 0 aromatic carbocycles. The Morgan fingerprint density at radius 2 is 1.90 bits per heavy atom. The van der Waals surface area contributed by atoms with E-state index in [0.717, 1.165) is 25.9 Å². The van der Waals surface area contributed by atoms with E-state index in [9.17, 15) is 9.59 Å². The van der Waals surface area contributed by atoms with Gasteiger partial charge in [0.05, 0.1) is 0 Å². The summed E-state index contributed by atoms with van der Waals surface area (Å²) >= 11 is 0. The molecular weight excluding hydrogens is 258 g/mol. The average molecular weight is 283 g/mol. The van der Waals surface area contributed by atoms with Gasteiger partial charge < -0.3 is 20.9 Å². The van der Waals surface area contributed by atoms with E-state index in [2.05, 4.69) is 20.9 Å². The number of hydrogen-bond donors (Lipinski definition) is 3. The fraction of sp³-hybridized carbons (Fsp3) is 0.769. The van der Waals surface area contributed by atoms with Crippen molar-refractivity contribution in [3.8, 4) is 0 Å². The van der Waals surface area contributed by atoms with E-state index >= 15 is 0 Å². The smallest absolute Gasteiger partial charge is 0.245 e. The molecule has 0 aliphatic carbocycles. The second-order valence-corrected chi connectivity index (χ2v) is 4.58. The van der Waals surface area contributed by atoms with Gasteiger partial charge in [-0.3, -0.25) is 9.59 Å². The highest BCUT2D eigenvalue weighted by molar-refractivity contribution is 5.90. The third-order valence-electron chi connectivity index (χ3n) is 3.18. The Morgan fingerprint density at radius 1 is 1.25 bits per heavy atom. The first kappa shape index (κ1) is 16.3. The number of aliphatic imine (C=N–C) groups is 1. The van der Waals surface area contributed by atoms with E-state index in [0.29, 0.717) is 12.5 Å². The van der Waals surface area contributed by atoms with Crippen LogP contribution in [0, 0.1) is 0 Å². The number of carbonyl (C=O) groups is 2. The molecule has 1 rings (SSSR count). The van der Waals surface area contributed by atoms with Crippen LogP contribution < -0.4 is 16.0 Å². The standard InChI is InChI=1S/C13H25N5O2/c1-4-15-13(16-5-2)17-9-11(19)18-8-6-7-10(18)12(20)14-3/h10H,4-9H2,1-3H3,(H,14,20)(H2,15,16,17). The molecule has 114 valence electrons. The van der Waals surface area contributed by atoms with Crippen molar-refractivity contribution in [3.63, 3.8) is 0 Å². The lowest BCUT2D eigenvalue weighted by atomic mass is 10.2. The molecule has 7 heteroatoms. The van der Waals surface area contributed by atoms with Crippen LogP contribution in [0.3, 0.4) is 0 Å². The monoisotopic (exact) mass is 283 g/mol. The Balaban J connectivity index is 2.60. The van der Waals surface area contributed by atoms with Crippen LogP contribution >= 0.6 is 0 Å². The topological polar surface area (TPSA) is 85.8 Å². The van der Waals surface area contributed by atoms with Crippen LogP contribution in [0.5, 0.6) is 0 Å². The number of nitrogens with one attached hydrogen (secondary N) is 3. The van der Waals surface area contributed by atoms with Crippen molar-refractivity contribution in [3.05, 3.63) is 0 Å². The fourth-order valence-electron chi connectivity index (χ4n) is 2.25. The summed E-state index contributed by atoms with van der Waals surface area (Å²) in [5.74, 6) is 0.418. The predicted octanol–water partition coefficient (Wildman–Crippen LogP) is -0.702. The van der Waals surface area contributed by atoms with Crippen LogP contribution in [0.2, 0.25) is 0 Å². The van der Waals surface area contributed by atoms with Crippen molar-refractivity contribution in [1.29, 1.82) is 0 Å². The maximum Gasteiger partial charge on any atom is 0.245 e. The predicted molar refractivity (Wildman–Crippen MR) is 78.5 cm³/mol. The zero-order valence-corrected chi connectivity index (χ0v) is 12.5. The molecule has 0 radical (unpaired) electrons. The van der Waals surface area contributed by atoms with Crippen LogP contribution in [0.25, 0.3) is 0 Å². The Labute approximate surface area is 120 Å². The molecule has 0 bridgehead atoms. The highest BCUT2D eigenvalue weighted by atomic mass is 16.2. The molecule has 0 spiro atoms. The van der Waals surface area contributed by atoms with E-state index < -0.39 is 0 Å². The second kappa shape index (κ2) is 8.39. The first-order valence-corrected chi connectivity index (χ1v) is 7.17. The van der Waals surface area contributed by atoms with Crippen molar-refractivity contribution in [2.45, 2.75) is 32.7 Å². The van der Waals surface area contributed by atoms with Gasteiger partial charge in [-0.1, -0.05) is 0 Å². The molecule has 1 saturated heterocycles. The number of rotatable bonds is 5. The third kappa shape index (κ3) is 4.40. The minimum atomic E-state index is -0.343. The van der Waals surface area contributed by atoms with Gasteiger partial charge >= 0.3 is 0 Å². The molecular formula is C13H25N5O2. The number of likely N-dealkylation sites (N-methyl/N-ethyl adjacent to an activating group) is 1. The van der Waals surface area contributed by atoms with Crippen molar-refractivity contribution in [1.82, 2.24) is 20.9 Å². The fourth-order valence-corrected chi connectivity index (χ4v) is 2.25. The summed E-state index contributed by atoms with van der Waals surface area (Å²) in [7, 11) is 1.59. The number of hydrogen-bond acceptors (Lipinski definition) is 3. The largest absolute Gasteiger partial charge is 0.357 e. The number of carbonyl (C=O) groups excluding carboxylic acids is 2. The van der Waals surface area contributed by atoms with E-state index in [1.807, 2.05) is 13.8 Å². The van der Waals surface area contributed by atoms with Gasteiger partial charge in [0.2, 0.25) is 11.8 Å². The number of amides is 2. The van der Waals surface area contributed by atoms with Crippen LogP contribution in [0.4, 0.5) is 0 Å². The summed E-state index contributed by atoms with van der Waals surface area (Å²) in [6.07, 6.45) is 1.59. The Bertz CT molecular complexity index is 362. The first-order valence-electron chi connectivity index (χ1n) is 7.17. The SMILES string of the molecule is CCNC(=NCC(=O)N1CCCC1C(=O)NC)NCC. The van der Waals surface area contributed by atoms with E-state index in [4.69, 9.17) is 0 Å². The second-order valence-electron chi connectivity index (χ2n) is 4.58. The van der Waals surface area contributed by atoms with Crippen molar-refractivity contribution in [2.24, 2.45) is 4.99 Å². The maximum atomic E-state index is 12.2. The molecule has 2 amide bonds. The van der Waals surface area contributed by atoms with Crippen molar-refractivity contribution >= 4 is 17.8 Å². The lowest BCUT2D eigenvalue weighted by Crippen LogP contribution is -2.46. The first-order chi connectivity index (χ1) is 9.63. The van der Waals surface area contributed by atoms with E-state index in [1.54, 1.807) is 11.9 Å². The van der Waals surface area contributed by atoms with Crippen LogP contribution in [0.1, 0.15) is 26.7 Å². The maximum absolute atomic E-state index is 12.2. The molecule has 0 aromatic rings. The highest BCUT2D eigenvalue weighted by Gasteiger charge is 2.33. The van der Waals surface area contributed by atoms with E-state index in [-0.39, 0.29) is 24.4 Å². The van der Waals surface area contributed by atoms with Gasteiger partial charge in [-0.25, -0.2) is 4.99 Å². The molecule has 0 saturated carbocycles. The van der Waals surface area contributed by atoms with Crippen LogP contribution in [-0.4, -0.2) is 61.9 Å². The summed E-state index contributed by atoms with van der Waals surface area (Å²) < 4.78 is 0. The molecule has 1 heterocycles. The molecule has 0 aromatic heterocycles. The third-order valence-corrected chi connectivity index (χ3v) is 3.18. The Hall–Kier alpha value is -1.79. The number of likely N-dealkylation sites (tertiary alicyclic amines) is 1.